The molecule has 1 aliphatic rings. The summed E-state index contributed by atoms with van der Waals surface area (Å²) in [6.45, 7) is 4.77. The maximum Gasteiger partial charge on any atom is 0.244 e. The molecule has 2 amide bonds. The van der Waals surface area contributed by atoms with Gasteiger partial charge in [-0.3, -0.25) is 20.4 Å². The summed E-state index contributed by atoms with van der Waals surface area (Å²) in [6, 6.07) is 24.3. The third-order valence-electron chi connectivity index (χ3n) is 5.87. The maximum absolute atomic E-state index is 12.3. The van der Waals surface area contributed by atoms with Gasteiger partial charge in [-0.2, -0.15) is 0 Å². The van der Waals surface area contributed by atoms with Crippen molar-refractivity contribution in [3.8, 4) is 0 Å². The second-order valence-electron chi connectivity index (χ2n) is 7.98. The summed E-state index contributed by atoms with van der Waals surface area (Å²) in [5.74, 6) is -0.363. The minimum Gasteiger partial charge on any atom is -0.360 e. The molecule has 0 saturated carbocycles. The molecule has 6 heteroatoms. The molecular weight excluding hydrogens is 388 g/mol. The smallest absolute Gasteiger partial charge is 0.244 e. The zero-order valence-corrected chi connectivity index (χ0v) is 17.6. The van der Waals surface area contributed by atoms with Gasteiger partial charge in [-0.1, -0.05) is 60.7 Å². The maximum atomic E-state index is 12.3. The molecule has 3 N–H and O–H groups in total. The molecule has 0 radical (unpaired) electrons. The van der Waals surface area contributed by atoms with Crippen LogP contribution in [0.5, 0.6) is 0 Å². The van der Waals surface area contributed by atoms with Gasteiger partial charge in [0.1, 0.15) is 0 Å². The molecule has 0 unspecified atom stereocenters. The number of amides is 2. The second kappa shape index (κ2) is 10.1. The molecule has 0 spiro atoms. The predicted molar refractivity (Wildman–Crippen MR) is 123 cm³/mol. The van der Waals surface area contributed by atoms with Crippen LogP contribution in [0.4, 0.5) is 5.69 Å². The number of nitrogens with zero attached hydrogens (tertiary/aromatic N) is 1. The Morgan fingerprint density at radius 1 is 0.806 bits per heavy atom. The van der Waals surface area contributed by atoms with E-state index in [9.17, 15) is 9.59 Å². The molecule has 0 bridgehead atoms. The van der Waals surface area contributed by atoms with Crippen molar-refractivity contribution in [1.82, 2.24) is 10.9 Å². The van der Waals surface area contributed by atoms with Crippen molar-refractivity contribution in [2.24, 2.45) is 0 Å². The number of hydrazine groups is 1. The largest absolute Gasteiger partial charge is 0.360 e. The van der Waals surface area contributed by atoms with Crippen molar-refractivity contribution >= 4 is 28.3 Å². The van der Waals surface area contributed by atoms with E-state index in [0.29, 0.717) is 6.42 Å². The fourth-order valence-electron chi connectivity index (χ4n) is 4.13. The highest BCUT2D eigenvalue weighted by molar-refractivity contribution is 5.90. The van der Waals surface area contributed by atoms with E-state index in [1.807, 2.05) is 48.5 Å². The number of carbonyl (C=O) groups excluding carboxylic acids is 2. The van der Waals surface area contributed by atoms with Gasteiger partial charge in [-0.15, -0.1) is 0 Å². The lowest BCUT2D eigenvalue weighted by atomic mass is 10.0. The average molecular weight is 418 g/mol. The number of para-hydroxylation sites is 1. The summed E-state index contributed by atoms with van der Waals surface area (Å²) in [5.41, 5.74) is 7.33. The van der Waals surface area contributed by atoms with Crippen LogP contribution in [0.15, 0.2) is 72.8 Å². The number of nitrogens with one attached hydrogen (secondary N) is 3. The van der Waals surface area contributed by atoms with Gasteiger partial charge in [0.15, 0.2) is 0 Å². The fourth-order valence-corrected chi connectivity index (χ4v) is 4.13. The van der Waals surface area contributed by atoms with Gasteiger partial charge in [0, 0.05) is 5.69 Å². The minimum atomic E-state index is -0.214. The number of rotatable bonds is 6. The van der Waals surface area contributed by atoms with Gasteiger partial charge in [-0.25, -0.2) is 0 Å². The van der Waals surface area contributed by atoms with Crippen molar-refractivity contribution in [2.45, 2.75) is 12.8 Å². The predicted octanol–water partition coefficient (Wildman–Crippen LogP) is 1.32. The average Bonchev–Trinajstić information content (AvgIpc) is 2.82. The molecule has 3 aromatic carbocycles. The molecule has 31 heavy (non-hydrogen) atoms. The van der Waals surface area contributed by atoms with Crippen molar-refractivity contribution in [3.63, 3.8) is 0 Å². The Morgan fingerprint density at radius 3 is 2.29 bits per heavy atom. The van der Waals surface area contributed by atoms with E-state index in [4.69, 9.17) is 0 Å². The highest BCUT2D eigenvalue weighted by Crippen LogP contribution is 2.18. The van der Waals surface area contributed by atoms with Gasteiger partial charge < -0.3 is 9.80 Å². The van der Waals surface area contributed by atoms with E-state index < -0.39 is 0 Å². The van der Waals surface area contributed by atoms with Gasteiger partial charge in [0.25, 0.3) is 0 Å². The number of hydrogen-bond donors (Lipinski definition) is 3. The van der Waals surface area contributed by atoms with Crippen molar-refractivity contribution < 1.29 is 14.5 Å². The molecule has 1 saturated heterocycles. The van der Waals surface area contributed by atoms with Gasteiger partial charge in [-0.05, 0) is 28.5 Å². The second-order valence-corrected chi connectivity index (χ2v) is 7.98. The van der Waals surface area contributed by atoms with Crippen LogP contribution in [-0.2, 0) is 16.0 Å². The number of benzene rings is 3. The lowest BCUT2D eigenvalue weighted by Crippen LogP contribution is -3.15. The third-order valence-corrected chi connectivity index (χ3v) is 5.87. The van der Waals surface area contributed by atoms with E-state index in [-0.39, 0.29) is 18.2 Å². The van der Waals surface area contributed by atoms with Gasteiger partial charge in [0.05, 0.1) is 45.6 Å². The lowest BCUT2D eigenvalue weighted by molar-refractivity contribution is -0.900. The molecule has 6 nitrogen and oxygen atoms in total. The summed E-state index contributed by atoms with van der Waals surface area (Å²) in [6.07, 6.45) is 0.629. The molecule has 160 valence electrons. The Hall–Kier alpha value is -3.38. The van der Waals surface area contributed by atoms with Crippen molar-refractivity contribution in [2.75, 3.05) is 37.6 Å². The third kappa shape index (κ3) is 5.61. The zero-order valence-electron chi connectivity index (χ0n) is 17.6. The van der Waals surface area contributed by atoms with E-state index in [2.05, 4.69) is 40.0 Å². The van der Waals surface area contributed by atoms with Crippen molar-refractivity contribution in [3.05, 3.63) is 78.4 Å². The SMILES string of the molecule is O=C(CC[NH+]1CCN(c2ccccc2)CC1)NNC(=O)Cc1cccc2ccccc12. The molecule has 1 heterocycles. The monoisotopic (exact) mass is 417 g/mol. The Morgan fingerprint density at radius 2 is 1.48 bits per heavy atom. The highest BCUT2D eigenvalue weighted by Gasteiger charge is 2.20. The van der Waals surface area contributed by atoms with Crippen LogP contribution >= 0.6 is 0 Å². The summed E-state index contributed by atoms with van der Waals surface area (Å²) in [4.78, 5) is 28.3. The van der Waals surface area contributed by atoms with Gasteiger partial charge in [0.2, 0.25) is 11.8 Å². The summed E-state index contributed by atoms with van der Waals surface area (Å²) in [5, 5.41) is 2.16. The zero-order chi connectivity index (χ0) is 21.5. The summed E-state index contributed by atoms with van der Waals surface area (Å²) in [7, 11) is 0. The first kappa shape index (κ1) is 20.9. The highest BCUT2D eigenvalue weighted by atomic mass is 16.2. The first-order valence-corrected chi connectivity index (χ1v) is 10.9. The quantitative estimate of drug-likeness (QED) is 0.530. The molecule has 0 aliphatic carbocycles. The Kier molecular flexibility index (Phi) is 6.79. The van der Waals surface area contributed by atoms with Crippen LogP contribution < -0.4 is 20.7 Å². The van der Waals surface area contributed by atoms with Crippen LogP contribution in [0.1, 0.15) is 12.0 Å². The topological polar surface area (TPSA) is 65.9 Å². The summed E-state index contributed by atoms with van der Waals surface area (Å²) >= 11 is 0. The van der Waals surface area contributed by atoms with Crippen LogP contribution in [0.25, 0.3) is 10.8 Å². The number of anilines is 1. The molecule has 1 aliphatic heterocycles. The fraction of sp³-hybridized carbons (Fsp3) is 0.280. The van der Waals surface area contributed by atoms with Crippen molar-refractivity contribution in [1.29, 1.82) is 0 Å². The molecule has 4 rings (SSSR count). The first-order chi connectivity index (χ1) is 15.2. The number of hydrogen-bond acceptors (Lipinski definition) is 3. The van der Waals surface area contributed by atoms with E-state index in [1.165, 1.54) is 10.6 Å². The van der Waals surface area contributed by atoms with Gasteiger partial charge >= 0.3 is 0 Å². The van der Waals surface area contributed by atoms with Crippen LogP contribution in [-0.4, -0.2) is 44.5 Å². The first-order valence-electron chi connectivity index (χ1n) is 10.9. The van der Waals surface area contributed by atoms with E-state index >= 15 is 0 Å². The lowest BCUT2D eigenvalue weighted by Gasteiger charge is -2.33. The number of piperazine rings is 1. The van der Waals surface area contributed by atoms with Crippen LogP contribution in [0.2, 0.25) is 0 Å². The molecule has 3 aromatic rings. The van der Waals surface area contributed by atoms with E-state index in [1.54, 1.807) is 0 Å². The molecule has 1 fully saturated rings. The normalized spacial score (nSPS) is 14.4. The van der Waals surface area contributed by atoms with Crippen LogP contribution in [0.3, 0.4) is 0 Å². The number of fused-ring (bicyclic) bond motifs is 1. The molecule has 0 atom stereocenters. The Labute approximate surface area is 182 Å². The Balaban J connectivity index is 1.17. The minimum absolute atomic E-state index is 0.149. The van der Waals surface area contributed by atoms with E-state index in [0.717, 1.165) is 49.1 Å². The standard InChI is InChI=1S/C25H28N4O2/c30-24(13-14-28-15-17-29(18-16-28)22-10-2-1-3-11-22)26-27-25(31)19-21-9-6-8-20-7-4-5-12-23(20)21/h1-12H,13-19H2,(H,26,30)(H,27,31)/p+1. The molecule has 0 aromatic heterocycles. The molecular formula is C25H29N4O2+. The number of quaternary nitrogens is 1. The van der Waals surface area contributed by atoms with Crippen LogP contribution in [0, 0.1) is 0 Å². The number of carbonyl (C=O) groups is 2. The summed E-state index contributed by atoms with van der Waals surface area (Å²) < 4.78 is 0. The Bertz CT molecular complexity index is 1020.